The summed E-state index contributed by atoms with van der Waals surface area (Å²) < 4.78 is 0. The summed E-state index contributed by atoms with van der Waals surface area (Å²) in [6.45, 7) is 1.71. The molecule has 19 heavy (non-hydrogen) atoms. The maximum Gasteiger partial charge on any atom is 0.339 e. The monoisotopic (exact) mass is 296 g/mol. The van der Waals surface area contributed by atoms with Gasteiger partial charge in [0.05, 0.1) is 21.9 Å². The number of carboxylic acids is 1. The van der Waals surface area contributed by atoms with Crippen LogP contribution in [0.5, 0.6) is 0 Å². The molecule has 0 aliphatic carbocycles. The summed E-state index contributed by atoms with van der Waals surface area (Å²) in [4.78, 5) is 27.5. The van der Waals surface area contributed by atoms with Crippen molar-refractivity contribution >= 4 is 40.5 Å². The molecule has 0 spiro atoms. The molecule has 1 aromatic heterocycles. The number of nitrogens with zero attached hydrogens (tertiary/aromatic N) is 1. The first-order valence-electron chi connectivity index (χ1n) is 5.24. The highest BCUT2D eigenvalue weighted by Crippen LogP contribution is 2.25. The SMILES string of the molecule is Cc1ncsc1C(=O)Nc1cccc(Cl)c1C(=O)O. The number of nitrogens with one attached hydrogen (secondary N) is 1. The Kier molecular flexibility index (Phi) is 3.82. The summed E-state index contributed by atoms with van der Waals surface area (Å²) in [6.07, 6.45) is 0. The van der Waals surface area contributed by atoms with Gasteiger partial charge in [-0.05, 0) is 19.1 Å². The van der Waals surface area contributed by atoms with Gasteiger partial charge in [0.15, 0.2) is 0 Å². The predicted molar refractivity (Wildman–Crippen MR) is 73.2 cm³/mol. The Bertz CT molecular complexity index is 654. The van der Waals surface area contributed by atoms with Crippen LogP contribution in [0.2, 0.25) is 5.02 Å². The van der Waals surface area contributed by atoms with E-state index < -0.39 is 11.9 Å². The molecule has 1 heterocycles. The lowest BCUT2D eigenvalue weighted by molar-refractivity contribution is 0.0698. The molecule has 0 unspecified atom stereocenters. The average molecular weight is 297 g/mol. The number of carboxylic acid groups (broad SMARTS) is 1. The minimum absolute atomic E-state index is 0.0753. The molecule has 0 saturated carbocycles. The molecule has 0 fully saturated rings. The lowest BCUT2D eigenvalue weighted by Crippen LogP contribution is -2.14. The molecule has 7 heteroatoms. The number of carbonyl (C=O) groups is 2. The van der Waals surface area contributed by atoms with Crippen molar-refractivity contribution in [3.05, 3.63) is 44.9 Å². The third-order valence-corrected chi connectivity index (χ3v) is 3.67. The maximum absolute atomic E-state index is 12.0. The summed E-state index contributed by atoms with van der Waals surface area (Å²) in [5.41, 5.74) is 2.19. The quantitative estimate of drug-likeness (QED) is 0.912. The van der Waals surface area contributed by atoms with Crippen LogP contribution in [0.15, 0.2) is 23.7 Å². The van der Waals surface area contributed by atoms with Gasteiger partial charge in [-0.2, -0.15) is 0 Å². The third-order valence-electron chi connectivity index (χ3n) is 2.43. The van der Waals surface area contributed by atoms with Crippen LogP contribution in [0.4, 0.5) is 5.69 Å². The molecular weight excluding hydrogens is 288 g/mol. The summed E-state index contributed by atoms with van der Waals surface area (Å²) >= 11 is 7.01. The van der Waals surface area contributed by atoms with E-state index in [2.05, 4.69) is 10.3 Å². The molecule has 2 rings (SSSR count). The zero-order valence-electron chi connectivity index (χ0n) is 9.81. The van der Waals surface area contributed by atoms with Gasteiger partial charge < -0.3 is 10.4 Å². The van der Waals surface area contributed by atoms with Crippen molar-refractivity contribution < 1.29 is 14.7 Å². The second-order valence-electron chi connectivity index (χ2n) is 3.69. The molecule has 0 aliphatic heterocycles. The van der Waals surface area contributed by atoms with Gasteiger partial charge >= 0.3 is 5.97 Å². The Hall–Kier alpha value is -1.92. The molecular formula is C12H9ClN2O3S. The number of rotatable bonds is 3. The highest BCUT2D eigenvalue weighted by molar-refractivity contribution is 7.12. The number of benzene rings is 1. The Morgan fingerprint density at radius 1 is 1.42 bits per heavy atom. The maximum atomic E-state index is 12.0. The second kappa shape index (κ2) is 5.38. The second-order valence-corrected chi connectivity index (χ2v) is 4.95. The Labute approximate surface area is 117 Å². The van der Waals surface area contributed by atoms with Crippen molar-refractivity contribution in [2.24, 2.45) is 0 Å². The van der Waals surface area contributed by atoms with E-state index in [4.69, 9.17) is 16.7 Å². The molecule has 0 aliphatic rings. The van der Waals surface area contributed by atoms with E-state index in [0.29, 0.717) is 10.6 Å². The molecule has 0 saturated heterocycles. The number of anilines is 1. The van der Waals surface area contributed by atoms with Crippen LogP contribution in [0, 0.1) is 6.92 Å². The Balaban J connectivity index is 2.35. The smallest absolute Gasteiger partial charge is 0.339 e. The van der Waals surface area contributed by atoms with E-state index in [0.717, 1.165) is 0 Å². The van der Waals surface area contributed by atoms with E-state index in [1.807, 2.05) is 0 Å². The fourth-order valence-electron chi connectivity index (χ4n) is 1.54. The van der Waals surface area contributed by atoms with Crippen molar-refractivity contribution in [1.29, 1.82) is 0 Å². The molecule has 0 bridgehead atoms. The number of hydrogen-bond donors (Lipinski definition) is 2. The summed E-state index contributed by atoms with van der Waals surface area (Å²) in [5, 5.41) is 11.7. The number of aryl methyl sites for hydroxylation is 1. The van der Waals surface area contributed by atoms with E-state index >= 15 is 0 Å². The van der Waals surface area contributed by atoms with Gasteiger partial charge in [-0.1, -0.05) is 17.7 Å². The molecule has 2 aromatic rings. The number of hydrogen-bond acceptors (Lipinski definition) is 4. The van der Waals surface area contributed by atoms with Gasteiger partial charge in [0.2, 0.25) is 0 Å². The van der Waals surface area contributed by atoms with Gasteiger partial charge in [0, 0.05) is 0 Å². The summed E-state index contributed by atoms with van der Waals surface area (Å²) in [7, 11) is 0. The van der Waals surface area contributed by atoms with Crippen molar-refractivity contribution in [2.45, 2.75) is 6.92 Å². The van der Waals surface area contributed by atoms with Gasteiger partial charge in [-0.3, -0.25) is 4.79 Å². The number of aromatic nitrogens is 1. The fraction of sp³-hybridized carbons (Fsp3) is 0.0833. The Morgan fingerprint density at radius 3 is 2.74 bits per heavy atom. The zero-order valence-corrected chi connectivity index (χ0v) is 11.4. The molecule has 2 N–H and O–H groups in total. The Morgan fingerprint density at radius 2 is 2.16 bits per heavy atom. The standard InChI is InChI=1S/C12H9ClN2O3S/c1-6-10(19-5-14-6)11(16)15-8-4-2-3-7(13)9(8)12(17)18/h2-5H,1H3,(H,15,16)(H,17,18). The first kappa shape index (κ1) is 13.5. The van der Waals surface area contributed by atoms with Gasteiger partial charge in [-0.15, -0.1) is 11.3 Å². The van der Waals surface area contributed by atoms with Crippen LogP contribution in [0.25, 0.3) is 0 Å². The lowest BCUT2D eigenvalue weighted by atomic mass is 10.1. The molecule has 0 radical (unpaired) electrons. The van der Waals surface area contributed by atoms with Crippen LogP contribution in [0.3, 0.4) is 0 Å². The van der Waals surface area contributed by atoms with E-state index in [1.165, 1.54) is 23.5 Å². The van der Waals surface area contributed by atoms with Gasteiger partial charge in [0.25, 0.3) is 5.91 Å². The molecule has 5 nitrogen and oxygen atoms in total. The summed E-state index contributed by atoms with van der Waals surface area (Å²) in [5.74, 6) is -1.59. The van der Waals surface area contributed by atoms with Crippen LogP contribution >= 0.6 is 22.9 Å². The van der Waals surface area contributed by atoms with Crippen molar-refractivity contribution in [2.75, 3.05) is 5.32 Å². The number of carbonyl (C=O) groups excluding carboxylic acids is 1. The molecule has 98 valence electrons. The highest BCUT2D eigenvalue weighted by Gasteiger charge is 2.18. The van der Waals surface area contributed by atoms with Crippen LogP contribution in [-0.4, -0.2) is 22.0 Å². The van der Waals surface area contributed by atoms with Crippen molar-refractivity contribution in [3.63, 3.8) is 0 Å². The predicted octanol–water partition coefficient (Wildman–Crippen LogP) is 3.06. The first-order chi connectivity index (χ1) is 9.00. The molecule has 1 amide bonds. The largest absolute Gasteiger partial charge is 0.478 e. The summed E-state index contributed by atoms with van der Waals surface area (Å²) in [6, 6.07) is 4.52. The van der Waals surface area contributed by atoms with E-state index in [-0.39, 0.29) is 16.3 Å². The molecule has 1 aromatic carbocycles. The molecule has 0 atom stereocenters. The zero-order chi connectivity index (χ0) is 14.0. The van der Waals surface area contributed by atoms with Crippen LogP contribution < -0.4 is 5.32 Å². The lowest BCUT2D eigenvalue weighted by Gasteiger charge is -2.09. The topological polar surface area (TPSA) is 79.3 Å². The number of amides is 1. The normalized spacial score (nSPS) is 10.2. The highest BCUT2D eigenvalue weighted by atomic mass is 35.5. The number of halogens is 1. The minimum Gasteiger partial charge on any atom is -0.478 e. The van der Waals surface area contributed by atoms with Gasteiger partial charge in [0.1, 0.15) is 10.4 Å². The van der Waals surface area contributed by atoms with Gasteiger partial charge in [-0.25, -0.2) is 9.78 Å². The van der Waals surface area contributed by atoms with Crippen molar-refractivity contribution in [1.82, 2.24) is 4.98 Å². The average Bonchev–Trinajstić information content (AvgIpc) is 2.75. The third kappa shape index (κ3) is 2.74. The minimum atomic E-state index is -1.19. The fourth-order valence-corrected chi connectivity index (χ4v) is 2.50. The van der Waals surface area contributed by atoms with Crippen molar-refractivity contribution in [3.8, 4) is 0 Å². The number of aromatic carboxylic acids is 1. The van der Waals surface area contributed by atoms with Crippen LogP contribution in [-0.2, 0) is 0 Å². The first-order valence-corrected chi connectivity index (χ1v) is 6.49. The van der Waals surface area contributed by atoms with E-state index in [9.17, 15) is 9.59 Å². The number of thiazole rings is 1. The van der Waals surface area contributed by atoms with E-state index in [1.54, 1.807) is 18.5 Å². The van der Waals surface area contributed by atoms with Crippen LogP contribution in [0.1, 0.15) is 25.7 Å².